The van der Waals surface area contributed by atoms with Crippen LogP contribution in [-0.2, 0) is 28.6 Å². The van der Waals surface area contributed by atoms with Gasteiger partial charge in [-0.2, -0.15) is 0 Å². The van der Waals surface area contributed by atoms with Crippen molar-refractivity contribution in [1.82, 2.24) is 0 Å². The lowest BCUT2D eigenvalue weighted by molar-refractivity contribution is -0.166. The number of esters is 3. The molecule has 344 valence electrons. The summed E-state index contributed by atoms with van der Waals surface area (Å²) < 4.78 is 16.6. The zero-order valence-corrected chi connectivity index (χ0v) is 39.2. The van der Waals surface area contributed by atoms with Gasteiger partial charge in [-0.3, -0.25) is 14.4 Å². The Morgan fingerprint density at radius 3 is 1.17 bits per heavy atom. The van der Waals surface area contributed by atoms with E-state index in [1.807, 2.05) is 6.08 Å². The molecule has 0 aliphatic heterocycles. The molecule has 1 atom stereocenters. The van der Waals surface area contributed by atoms with E-state index in [0.717, 1.165) is 89.9 Å². The second-order valence-corrected chi connectivity index (χ2v) is 16.3. The maximum atomic E-state index is 12.8. The molecule has 0 saturated heterocycles. The predicted molar refractivity (Wildman–Crippen MR) is 256 cm³/mol. The Kier molecular flexibility index (Phi) is 46.0. The smallest absolute Gasteiger partial charge is 0.309 e. The highest BCUT2D eigenvalue weighted by atomic mass is 16.6. The van der Waals surface area contributed by atoms with Crippen molar-refractivity contribution in [3.63, 3.8) is 0 Å². The molecule has 6 nitrogen and oxygen atoms in total. The third kappa shape index (κ3) is 45.9. The van der Waals surface area contributed by atoms with Gasteiger partial charge in [0.1, 0.15) is 13.2 Å². The Balaban J connectivity index is 4.37. The highest BCUT2D eigenvalue weighted by Gasteiger charge is 2.19. The molecule has 0 saturated carbocycles. The Hall–Kier alpha value is -3.15. The molecule has 6 heteroatoms. The molecule has 0 aromatic heterocycles. The number of ether oxygens (including phenoxy) is 3. The molecule has 0 heterocycles. The summed E-state index contributed by atoms with van der Waals surface area (Å²) in [5.41, 5.74) is 0. The van der Waals surface area contributed by atoms with Crippen LogP contribution in [0.1, 0.15) is 233 Å². The van der Waals surface area contributed by atoms with Gasteiger partial charge in [0.2, 0.25) is 0 Å². The van der Waals surface area contributed by atoms with Crippen LogP contribution in [0, 0.1) is 0 Å². The molecule has 0 aliphatic carbocycles. The number of carbonyl (C=O) groups excluding carboxylic acids is 3. The molecule has 0 spiro atoms. The summed E-state index contributed by atoms with van der Waals surface area (Å²) in [6, 6.07) is 0. The van der Waals surface area contributed by atoms with E-state index >= 15 is 0 Å². The summed E-state index contributed by atoms with van der Waals surface area (Å²) in [6.07, 6.45) is 60.7. The van der Waals surface area contributed by atoms with Crippen LogP contribution >= 0.6 is 0 Å². The van der Waals surface area contributed by atoms with Crippen LogP contribution in [0.5, 0.6) is 0 Å². The minimum Gasteiger partial charge on any atom is -0.462 e. The highest BCUT2D eigenvalue weighted by Crippen LogP contribution is 2.15. The Labute approximate surface area is 370 Å². The number of hydrogen-bond acceptors (Lipinski definition) is 6. The predicted octanol–water partition coefficient (Wildman–Crippen LogP) is 16.3. The SMILES string of the molecule is CC/C=C\C/C=C\C/C=C\CCCCCCCCC(=O)OC(COC(=O)C/C=C\C/C=C\C/C=C\CC)COC(=O)CCCCCCCCCCCCCCCCCCC. The van der Waals surface area contributed by atoms with Crippen molar-refractivity contribution in [2.75, 3.05) is 13.2 Å². The summed E-state index contributed by atoms with van der Waals surface area (Å²) in [6.45, 7) is 6.31. The highest BCUT2D eigenvalue weighted by molar-refractivity contribution is 5.72. The molecule has 0 bridgehead atoms. The van der Waals surface area contributed by atoms with Gasteiger partial charge in [-0.1, -0.05) is 222 Å². The topological polar surface area (TPSA) is 78.9 Å². The van der Waals surface area contributed by atoms with E-state index in [0.29, 0.717) is 12.8 Å². The van der Waals surface area contributed by atoms with Crippen LogP contribution in [0.25, 0.3) is 0 Å². The van der Waals surface area contributed by atoms with Gasteiger partial charge in [-0.05, 0) is 64.2 Å². The van der Waals surface area contributed by atoms with Crippen LogP contribution in [0.3, 0.4) is 0 Å². The average molecular weight is 837 g/mol. The lowest BCUT2D eigenvalue weighted by atomic mass is 10.0. The number of unbranched alkanes of at least 4 members (excludes halogenated alkanes) is 22. The summed E-state index contributed by atoms with van der Waals surface area (Å²) >= 11 is 0. The lowest BCUT2D eigenvalue weighted by Crippen LogP contribution is -2.30. The van der Waals surface area contributed by atoms with Crippen molar-refractivity contribution in [2.45, 2.75) is 239 Å². The van der Waals surface area contributed by atoms with Crippen LogP contribution < -0.4 is 0 Å². The normalized spacial score (nSPS) is 12.7. The zero-order valence-electron chi connectivity index (χ0n) is 39.2. The third-order valence-electron chi connectivity index (χ3n) is 10.5. The van der Waals surface area contributed by atoms with E-state index in [2.05, 4.69) is 81.5 Å². The van der Waals surface area contributed by atoms with Crippen molar-refractivity contribution in [3.05, 3.63) is 72.9 Å². The molecule has 0 N–H and O–H groups in total. The van der Waals surface area contributed by atoms with Gasteiger partial charge in [0, 0.05) is 12.8 Å². The fourth-order valence-corrected chi connectivity index (χ4v) is 6.81. The average Bonchev–Trinajstić information content (AvgIpc) is 3.24. The molecule has 0 aromatic carbocycles. The summed E-state index contributed by atoms with van der Waals surface area (Å²) in [7, 11) is 0. The monoisotopic (exact) mass is 837 g/mol. The van der Waals surface area contributed by atoms with E-state index in [1.54, 1.807) is 6.08 Å². The molecule has 0 rings (SSSR count). The number of hydrogen-bond donors (Lipinski definition) is 0. The minimum atomic E-state index is -0.814. The molecule has 0 aromatic rings. The summed E-state index contributed by atoms with van der Waals surface area (Å²) in [4.78, 5) is 37.8. The minimum absolute atomic E-state index is 0.106. The van der Waals surface area contributed by atoms with Crippen LogP contribution in [0.4, 0.5) is 0 Å². The van der Waals surface area contributed by atoms with Gasteiger partial charge in [-0.15, -0.1) is 0 Å². The molecule has 0 amide bonds. The van der Waals surface area contributed by atoms with E-state index in [4.69, 9.17) is 14.2 Å². The van der Waals surface area contributed by atoms with Gasteiger partial charge in [0.15, 0.2) is 6.10 Å². The fraction of sp³-hybridized carbons (Fsp3) is 0.722. The van der Waals surface area contributed by atoms with Gasteiger partial charge < -0.3 is 14.2 Å². The lowest BCUT2D eigenvalue weighted by Gasteiger charge is -2.18. The first kappa shape index (κ1) is 56.9. The van der Waals surface area contributed by atoms with Crippen molar-refractivity contribution < 1.29 is 28.6 Å². The fourth-order valence-electron chi connectivity index (χ4n) is 6.81. The standard InChI is InChI=1S/C54H92O6/c1-4-7-10-13-16-19-21-23-25-27-29-30-32-35-38-41-44-47-53(56)59-50-51(49-58-52(55)46-43-40-37-34-18-15-12-9-6-3)60-54(57)48-45-42-39-36-33-31-28-26-24-22-20-17-14-11-8-5-2/h8-9,11-12,17-18,20,24,26,34,40,43,51H,4-7,10,13-16,19,21-23,25,27-33,35-39,41-42,44-50H2,1-3H3/b11-8-,12-9-,20-17-,26-24-,34-18-,43-40-. The summed E-state index contributed by atoms with van der Waals surface area (Å²) in [5.74, 6) is -1.05. The Morgan fingerprint density at radius 1 is 0.367 bits per heavy atom. The maximum absolute atomic E-state index is 12.8. The summed E-state index contributed by atoms with van der Waals surface area (Å²) in [5, 5.41) is 0. The van der Waals surface area contributed by atoms with Gasteiger partial charge >= 0.3 is 17.9 Å². The third-order valence-corrected chi connectivity index (χ3v) is 10.5. The van der Waals surface area contributed by atoms with Crippen molar-refractivity contribution in [1.29, 1.82) is 0 Å². The second-order valence-electron chi connectivity index (χ2n) is 16.3. The zero-order chi connectivity index (χ0) is 43.7. The van der Waals surface area contributed by atoms with Gasteiger partial charge in [0.25, 0.3) is 0 Å². The largest absolute Gasteiger partial charge is 0.462 e. The van der Waals surface area contributed by atoms with Gasteiger partial charge in [-0.25, -0.2) is 0 Å². The molecule has 0 aliphatic rings. The Bertz CT molecular complexity index is 1140. The number of carbonyl (C=O) groups is 3. The van der Waals surface area contributed by atoms with E-state index in [9.17, 15) is 14.4 Å². The number of allylic oxidation sites excluding steroid dienone is 11. The second kappa shape index (κ2) is 48.5. The molecule has 0 radical (unpaired) electrons. The first-order chi connectivity index (χ1) is 29.5. The van der Waals surface area contributed by atoms with Crippen molar-refractivity contribution in [3.8, 4) is 0 Å². The molecule has 1 unspecified atom stereocenters. The molecule has 0 fully saturated rings. The van der Waals surface area contributed by atoms with E-state index < -0.39 is 12.1 Å². The maximum Gasteiger partial charge on any atom is 0.309 e. The first-order valence-electron chi connectivity index (χ1n) is 24.9. The van der Waals surface area contributed by atoms with Gasteiger partial charge in [0.05, 0.1) is 6.42 Å². The first-order valence-corrected chi connectivity index (χ1v) is 24.9. The van der Waals surface area contributed by atoms with E-state index in [-0.39, 0.29) is 31.6 Å². The quantitative estimate of drug-likeness (QED) is 0.0263. The van der Waals surface area contributed by atoms with Crippen molar-refractivity contribution >= 4 is 17.9 Å². The molecule has 60 heavy (non-hydrogen) atoms. The Morgan fingerprint density at radius 2 is 0.717 bits per heavy atom. The van der Waals surface area contributed by atoms with Crippen LogP contribution in [-0.4, -0.2) is 37.2 Å². The number of rotatable bonds is 44. The van der Waals surface area contributed by atoms with E-state index in [1.165, 1.54) is 103 Å². The molecular weight excluding hydrogens is 745 g/mol. The van der Waals surface area contributed by atoms with Crippen molar-refractivity contribution in [2.24, 2.45) is 0 Å². The molecular formula is C54H92O6. The van der Waals surface area contributed by atoms with Crippen LogP contribution in [0.15, 0.2) is 72.9 Å². The van der Waals surface area contributed by atoms with Crippen LogP contribution in [0.2, 0.25) is 0 Å².